The van der Waals surface area contributed by atoms with Gasteiger partial charge in [0.25, 0.3) is 0 Å². The van der Waals surface area contributed by atoms with Gasteiger partial charge in [0.2, 0.25) is 0 Å². The minimum Gasteiger partial charge on any atom is -0.409 e. The average Bonchev–Trinajstić information content (AvgIpc) is 2.45. The van der Waals surface area contributed by atoms with Gasteiger partial charge in [0.05, 0.1) is 6.10 Å². The Kier molecular flexibility index (Phi) is 5.28. The number of hydrogen-bond donors (Lipinski definition) is 0. The van der Waals surface area contributed by atoms with E-state index in [0.29, 0.717) is 5.78 Å². The van der Waals surface area contributed by atoms with Crippen LogP contribution in [0.25, 0.3) is 0 Å². The molecule has 22 heavy (non-hydrogen) atoms. The lowest BCUT2D eigenvalue weighted by molar-refractivity contribution is -0.128. The molecule has 2 atom stereocenters. The van der Waals surface area contributed by atoms with E-state index >= 15 is 0 Å². The van der Waals surface area contributed by atoms with Crippen LogP contribution in [0.1, 0.15) is 58.1 Å². The molecule has 0 aliphatic heterocycles. The quantitative estimate of drug-likeness (QED) is 0.684. The Hall–Kier alpha value is -0.933. The van der Waals surface area contributed by atoms with Crippen molar-refractivity contribution in [2.24, 2.45) is 5.92 Å². The Bertz CT molecular complexity index is 502. The number of benzene rings is 1. The van der Waals surface area contributed by atoms with Crippen molar-refractivity contribution >= 4 is 14.1 Å². The minimum atomic E-state index is -1.92. The number of hydrogen-bond acceptors (Lipinski definition) is 2. The molecule has 1 fully saturated rings. The fraction of sp³-hybridized carbons (Fsp3) is 0.632. The highest BCUT2D eigenvalue weighted by Crippen LogP contribution is 2.43. The van der Waals surface area contributed by atoms with Gasteiger partial charge in [-0.2, -0.15) is 0 Å². The van der Waals surface area contributed by atoms with Gasteiger partial charge in [-0.05, 0) is 36.5 Å². The number of Topliss-reactive ketones (excluding diaryl/α,β-unsaturated/α-hetero) is 1. The second kappa shape index (κ2) is 6.67. The van der Waals surface area contributed by atoms with Crippen LogP contribution in [0.15, 0.2) is 30.3 Å². The van der Waals surface area contributed by atoms with Crippen LogP contribution in [0.4, 0.5) is 0 Å². The highest BCUT2D eigenvalue weighted by atomic mass is 28.4. The summed E-state index contributed by atoms with van der Waals surface area (Å²) in [6, 6.07) is 10.3. The van der Waals surface area contributed by atoms with E-state index < -0.39 is 8.32 Å². The van der Waals surface area contributed by atoms with Crippen LogP contribution in [-0.2, 0) is 9.22 Å². The molecule has 1 aliphatic rings. The summed E-state index contributed by atoms with van der Waals surface area (Å²) in [7, 11) is -1.92. The van der Waals surface area contributed by atoms with Crippen molar-refractivity contribution in [3.63, 3.8) is 0 Å². The molecule has 0 spiro atoms. The lowest BCUT2D eigenvalue weighted by Gasteiger charge is -2.42. The number of carbonyl (C=O) groups excluding carboxylic acids is 1. The molecular formula is C19H30O2Si. The predicted molar refractivity (Wildman–Crippen MR) is 94.4 cm³/mol. The van der Waals surface area contributed by atoms with Gasteiger partial charge in [-0.3, -0.25) is 4.79 Å². The molecule has 0 heterocycles. The highest BCUT2D eigenvalue weighted by Gasteiger charge is 2.42. The Morgan fingerprint density at radius 2 is 1.77 bits per heavy atom. The van der Waals surface area contributed by atoms with Crippen molar-refractivity contribution in [1.82, 2.24) is 0 Å². The molecule has 1 saturated carbocycles. The summed E-state index contributed by atoms with van der Waals surface area (Å²) in [5.74, 6) is 0.420. The van der Waals surface area contributed by atoms with Crippen LogP contribution in [-0.4, -0.2) is 14.1 Å². The molecule has 0 amide bonds. The SMILES string of the molecule is CC(C)(C)[Si](C)(C)O[C@@H](c1ccccc1)[C@@H]1CCCCC1=O. The highest BCUT2D eigenvalue weighted by molar-refractivity contribution is 6.74. The monoisotopic (exact) mass is 318 g/mol. The Morgan fingerprint density at radius 3 is 2.32 bits per heavy atom. The summed E-state index contributed by atoms with van der Waals surface area (Å²) in [6.07, 6.45) is 3.79. The summed E-state index contributed by atoms with van der Waals surface area (Å²) in [5, 5.41) is 0.151. The van der Waals surface area contributed by atoms with Crippen molar-refractivity contribution in [2.45, 2.75) is 70.7 Å². The van der Waals surface area contributed by atoms with Gasteiger partial charge < -0.3 is 4.43 Å². The van der Waals surface area contributed by atoms with E-state index in [4.69, 9.17) is 4.43 Å². The van der Waals surface area contributed by atoms with Crippen molar-refractivity contribution in [3.8, 4) is 0 Å². The van der Waals surface area contributed by atoms with Gasteiger partial charge in [0, 0.05) is 12.3 Å². The standard InChI is InChI=1S/C19H30O2Si/c1-19(2,3)22(4,5)21-18(15-11-7-6-8-12-15)16-13-9-10-14-17(16)20/h6-8,11-12,16,18H,9-10,13-14H2,1-5H3/t16-,18+/m1/s1. The molecule has 1 aliphatic carbocycles. The van der Waals surface area contributed by atoms with Crippen LogP contribution < -0.4 is 0 Å². The van der Waals surface area contributed by atoms with Crippen LogP contribution in [0.2, 0.25) is 18.1 Å². The maximum atomic E-state index is 12.5. The number of ketones is 1. The van der Waals surface area contributed by atoms with E-state index in [1.165, 1.54) is 0 Å². The first-order valence-electron chi connectivity index (χ1n) is 8.48. The maximum absolute atomic E-state index is 12.5. The molecule has 1 aromatic carbocycles. The first kappa shape index (κ1) is 17.4. The third-order valence-electron chi connectivity index (χ3n) is 5.32. The molecule has 3 heteroatoms. The molecular weight excluding hydrogens is 288 g/mol. The van der Waals surface area contributed by atoms with Crippen LogP contribution >= 0.6 is 0 Å². The van der Waals surface area contributed by atoms with Gasteiger partial charge in [0.15, 0.2) is 8.32 Å². The Morgan fingerprint density at radius 1 is 1.14 bits per heavy atom. The van der Waals surface area contributed by atoms with E-state index in [1.807, 2.05) is 18.2 Å². The summed E-state index contributed by atoms with van der Waals surface area (Å²) in [6.45, 7) is 11.3. The normalized spacial score (nSPS) is 21.7. The van der Waals surface area contributed by atoms with E-state index in [2.05, 4.69) is 46.0 Å². The van der Waals surface area contributed by atoms with Gasteiger partial charge in [-0.15, -0.1) is 0 Å². The van der Waals surface area contributed by atoms with E-state index in [0.717, 1.165) is 31.2 Å². The molecule has 2 rings (SSSR count). The zero-order valence-corrected chi connectivity index (χ0v) is 15.7. The molecule has 0 unspecified atom stereocenters. The van der Waals surface area contributed by atoms with E-state index in [1.54, 1.807) is 0 Å². The molecule has 122 valence electrons. The molecule has 0 aromatic heterocycles. The van der Waals surface area contributed by atoms with Crippen LogP contribution in [0, 0.1) is 5.92 Å². The summed E-state index contributed by atoms with van der Waals surface area (Å²) < 4.78 is 6.72. The number of rotatable bonds is 4. The third kappa shape index (κ3) is 3.88. The number of carbonyl (C=O) groups is 1. The summed E-state index contributed by atoms with van der Waals surface area (Å²) in [5.41, 5.74) is 1.16. The molecule has 0 radical (unpaired) electrons. The molecule has 2 nitrogen and oxygen atoms in total. The van der Waals surface area contributed by atoms with Crippen LogP contribution in [0.5, 0.6) is 0 Å². The van der Waals surface area contributed by atoms with Gasteiger partial charge >= 0.3 is 0 Å². The van der Waals surface area contributed by atoms with Crippen molar-refractivity contribution < 1.29 is 9.22 Å². The topological polar surface area (TPSA) is 26.3 Å². The maximum Gasteiger partial charge on any atom is 0.192 e. The minimum absolute atomic E-state index is 0.0327. The molecule has 0 bridgehead atoms. The molecule has 0 saturated heterocycles. The lowest BCUT2D eigenvalue weighted by Crippen LogP contribution is -2.44. The fourth-order valence-corrected chi connectivity index (χ4v) is 4.14. The Labute approximate surface area is 136 Å². The zero-order valence-electron chi connectivity index (χ0n) is 14.7. The first-order valence-corrected chi connectivity index (χ1v) is 11.4. The van der Waals surface area contributed by atoms with Crippen molar-refractivity contribution in [2.75, 3.05) is 0 Å². The van der Waals surface area contributed by atoms with Crippen LogP contribution in [0.3, 0.4) is 0 Å². The summed E-state index contributed by atoms with van der Waals surface area (Å²) >= 11 is 0. The first-order chi connectivity index (χ1) is 10.2. The smallest absolute Gasteiger partial charge is 0.192 e. The van der Waals surface area contributed by atoms with Gasteiger partial charge in [0.1, 0.15) is 5.78 Å². The molecule has 0 N–H and O–H groups in total. The summed E-state index contributed by atoms with van der Waals surface area (Å²) in [4.78, 5) is 12.5. The van der Waals surface area contributed by atoms with Crippen molar-refractivity contribution in [3.05, 3.63) is 35.9 Å². The lowest BCUT2D eigenvalue weighted by atomic mass is 9.82. The van der Waals surface area contributed by atoms with E-state index in [-0.39, 0.29) is 17.1 Å². The fourth-order valence-electron chi connectivity index (χ4n) is 2.85. The van der Waals surface area contributed by atoms with Crippen molar-refractivity contribution in [1.29, 1.82) is 0 Å². The zero-order chi connectivity index (χ0) is 16.4. The van der Waals surface area contributed by atoms with E-state index in [9.17, 15) is 4.79 Å². The Balaban J connectivity index is 2.32. The third-order valence-corrected chi connectivity index (χ3v) is 9.78. The largest absolute Gasteiger partial charge is 0.409 e. The second-order valence-electron chi connectivity index (χ2n) is 8.03. The van der Waals surface area contributed by atoms with Gasteiger partial charge in [-0.25, -0.2) is 0 Å². The average molecular weight is 319 g/mol. The molecule has 1 aromatic rings. The van der Waals surface area contributed by atoms with Gasteiger partial charge in [-0.1, -0.05) is 57.5 Å². The second-order valence-corrected chi connectivity index (χ2v) is 12.8. The predicted octanol–water partition coefficient (Wildman–Crippen LogP) is 5.51.